The van der Waals surface area contributed by atoms with E-state index in [1.165, 1.54) is 16.9 Å². The molecule has 80 valence electrons. The van der Waals surface area contributed by atoms with Gasteiger partial charge in [-0.25, -0.2) is 14.3 Å². The van der Waals surface area contributed by atoms with Gasteiger partial charge in [0.15, 0.2) is 5.65 Å². The van der Waals surface area contributed by atoms with E-state index in [4.69, 9.17) is 28.3 Å². The van der Waals surface area contributed by atoms with Gasteiger partial charge in [0.2, 0.25) is 0 Å². The van der Waals surface area contributed by atoms with Crippen LogP contribution < -0.4 is 0 Å². The quantitative estimate of drug-likeness (QED) is 0.805. The molecule has 2 aromatic heterocycles. The van der Waals surface area contributed by atoms with Gasteiger partial charge in [-0.05, 0) is 6.07 Å². The average molecular weight is 268 g/mol. The summed E-state index contributed by atoms with van der Waals surface area (Å²) in [6, 6.07) is 1.31. The fraction of sp³-hybridized carbons (Fsp3) is 0. The second-order valence-corrected chi connectivity index (χ2v) is 3.29. The first kappa shape index (κ1) is 12.0. The highest BCUT2D eigenvalue weighted by molar-refractivity contribution is 6.36. The van der Waals surface area contributed by atoms with Gasteiger partial charge in [0.25, 0.3) is 0 Å². The molecule has 15 heavy (non-hydrogen) atoms. The van der Waals surface area contributed by atoms with Gasteiger partial charge in [-0.15, -0.1) is 12.4 Å². The zero-order valence-electron chi connectivity index (χ0n) is 7.02. The van der Waals surface area contributed by atoms with Crippen LogP contribution in [0.1, 0.15) is 10.4 Å². The molecule has 0 saturated carbocycles. The van der Waals surface area contributed by atoms with E-state index in [0.29, 0.717) is 0 Å². The molecule has 2 heterocycles. The zero-order chi connectivity index (χ0) is 10.3. The predicted molar refractivity (Wildman–Crippen MR) is 57.2 cm³/mol. The van der Waals surface area contributed by atoms with Crippen LogP contribution >= 0.6 is 35.6 Å². The molecule has 5 nitrogen and oxygen atoms in total. The molecule has 0 amide bonds. The number of carbonyl (C=O) groups is 1. The number of halogens is 3. The van der Waals surface area contributed by atoms with Crippen molar-refractivity contribution in [2.45, 2.75) is 0 Å². The normalized spacial score (nSPS) is 10.0. The van der Waals surface area contributed by atoms with Crippen molar-refractivity contribution in [3.05, 3.63) is 28.1 Å². The van der Waals surface area contributed by atoms with Crippen molar-refractivity contribution in [2.75, 3.05) is 0 Å². The fourth-order valence-corrected chi connectivity index (χ4v) is 1.67. The van der Waals surface area contributed by atoms with Crippen LogP contribution in [0, 0.1) is 0 Å². The molecule has 0 aliphatic heterocycles. The molecule has 8 heteroatoms. The van der Waals surface area contributed by atoms with E-state index in [9.17, 15) is 4.79 Å². The summed E-state index contributed by atoms with van der Waals surface area (Å²) in [5, 5.41) is 12.9. The Morgan fingerprint density at radius 1 is 1.47 bits per heavy atom. The molecule has 0 atom stereocenters. The third kappa shape index (κ3) is 1.86. The summed E-state index contributed by atoms with van der Waals surface area (Å²) in [7, 11) is 0. The van der Waals surface area contributed by atoms with Gasteiger partial charge in [-0.3, -0.25) is 0 Å². The largest absolute Gasteiger partial charge is 0.478 e. The minimum atomic E-state index is -1.16. The number of aromatic carboxylic acids is 1. The van der Waals surface area contributed by atoms with E-state index in [1.807, 2.05) is 0 Å². The molecule has 0 saturated heterocycles. The molecular weight excluding hydrogens is 264 g/mol. The summed E-state index contributed by atoms with van der Waals surface area (Å²) >= 11 is 11.5. The molecule has 2 rings (SSSR count). The SMILES string of the molecule is Cl.O=C(O)c1c(Cl)cc(Cl)n2ncnc12. The number of carboxylic acid groups (broad SMARTS) is 1. The van der Waals surface area contributed by atoms with Crippen LogP contribution in [0.3, 0.4) is 0 Å². The maximum Gasteiger partial charge on any atom is 0.341 e. The molecule has 0 aliphatic rings. The second kappa shape index (κ2) is 4.22. The lowest BCUT2D eigenvalue weighted by molar-refractivity contribution is 0.0698. The Hall–Kier alpha value is -1.04. The maximum absolute atomic E-state index is 10.8. The van der Waals surface area contributed by atoms with Crippen LogP contribution in [0.2, 0.25) is 10.2 Å². The number of hydrogen-bond acceptors (Lipinski definition) is 3. The number of rotatable bonds is 1. The van der Waals surface area contributed by atoms with Gasteiger partial charge in [-0.2, -0.15) is 5.10 Å². The highest BCUT2D eigenvalue weighted by Crippen LogP contribution is 2.24. The topological polar surface area (TPSA) is 67.5 Å². The van der Waals surface area contributed by atoms with E-state index < -0.39 is 5.97 Å². The lowest BCUT2D eigenvalue weighted by atomic mass is 10.3. The molecule has 0 radical (unpaired) electrons. The van der Waals surface area contributed by atoms with Crippen molar-refractivity contribution in [2.24, 2.45) is 0 Å². The Balaban J connectivity index is 0.00000112. The molecule has 0 aromatic carbocycles. The van der Waals surface area contributed by atoms with Crippen molar-refractivity contribution in [3.63, 3.8) is 0 Å². The number of nitrogens with zero attached hydrogens (tertiary/aromatic N) is 3. The van der Waals surface area contributed by atoms with Gasteiger partial charge in [-0.1, -0.05) is 23.2 Å². The third-order valence-corrected chi connectivity index (χ3v) is 2.24. The Bertz CT molecular complexity index is 525. The van der Waals surface area contributed by atoms with Gasteiger partial charge < -0.3 is 5.11 Å². The Morgan fingerprint density at radius 2 is 2.13 bits per heavy atom. The Labute approximate surface area is 100 Å². The average Bonchev–Trinajstić information content (AvgIpc) is 2.51. The van der Waals surface area contributed by atoms with Crippen LogP contribution in [0.15, 0.2) is 12.4 Å². The van der Waals surface area contributed by atoms with Crippen LogP contribution in [-0.4, -0.2) is 25.7 Å². The molecule has 0 fully saturated rings. The number of aromatic nitrogens is 3. The Morgan fingerprint density at radius 3 is 2.73 bits per heavy atom. The molecule has 2 aromatic rings. The van der Waals surface area contributed by atoms with Gasteiger partial charge >= 0.3 is 5.97 Å². The summed E-state index contributed by atoms with van der Waals surface area (Å²) in [6.45, 7) is 0. The van der Waals surface area contributed by atoms with Crippen molar-refractivity contribution >= 4 is 47.2 Å². The van der Waals surface area contributed by atoms with Gasteiger partial charge in [0.05, 0.1) is 5.02 Å². The molecule has 1 N–H and O–H groups in total. The monoisotopic (exact) mass is 267 g/mol. The van der Waals surface area contributed by atoms with E-state index >= 15 is 0 Å². The van der Waals surface area contributed by atoms with E-state index in [1.54, 1.807) is 0 Å². The minimum absolute atomic E-state index is 0. The number of fused-ring (bicyclic) bond motifs is 1. The van der Waals surface area contributed by atoms with Gasteiger partial charge in [0, 0.05) is 0 Å². The second-order valence-electron chi connectivity index (χ2n) is 2.49. The molecule has 0 unspecified atom stereocenters. The lowest BCUT2D eigenvalue weighted by Crippen LogP contribution is -2.03. The zero-order valence-corrected chi connectivity index (χ0v) is 9.34. The van der Waals surface area contributed by atoms with Crippen molar-refractivity contribution in [1.29, 1.82) is 0 Å². The van der Waals surface area contributed by atoms with Crippen LogP contribution in [-0.2, 0) is 0 Å². The standard InChI is InChI=1S/C7H3Cl2N3O2.ClH/c8-3-1-4(9)12-6(10-2-11-12)5(3)7(13)14;/h1-2H,(H,13,14);1H. The number of hydrogen-bond donors (Lipinski definition) is 1. The molecule has 0 aliphatic carbocycles. The van der Waals surface area contributed by atoms with E-state index in [0.717, 1.165) is 0 Å². The maximum atomic E-state index is 10.8. The highest BCUT2D eigenvalue weighted by Gasteiger charge is 2.17. The summed E-state index contributed by atoms with van der Waals surface area (Å²) in [5.41, 5.74) is 0.0311. The first-order valence-electron chi connectivity index (χ1n) is 3.52. The molecular formula is C7H4Cl3N3O2. The van der Waals surface area contributed by atoms with E-state index in [2.05, 4.69) is 10.1 Å². The highest BCUT2D eigenvalue weighted by atomic mass is 35.5. The fourth-order valence-electron chi connectivity index (χ4n) is 1.11. The Kier molecular flexibility index (Phi) is 3.38. The third-order valence-electron chi connectivity index (χ3n) is 1.67. The summed E-state index contributed by atoms with van der Waals surface area (Å²) in [4.78, 5) is 14.6. The molecule has 0 spiro atoms. The first-order chi connectivity index (χ1) is 6.61. The smallest absolute Gasteiger partial charge is 0.341 e. The lowest BCUT2D eigenvalue weighted by Gasteiger charge is -2.01. The summed E-state index contributed by atoms with van der Waals surface area (Å²) in [5.74, 6) is -1.16. The van der Waals surface area contributed by atoms with Crippen molar-refractivity contribution < 1.29 is 9.90 Å². The number of carboxylic acids is 1. The predicted octanol–water partition coefficient (Wildman–Crippen LogP) is 2.16. The van der Waals surface area contributed by atoms with Crippen molar-refractivity contribution in [1.82, 2.24) is 14.6 Å². The van der Waals surface area contributed by atoms with Crippen molar-refractivity contribution in [3.8, 4) is 0 Å². The number of pyridine rings is 1. The van der Waals surface area contributed by atoms with Crippen LogP contribution in [0.4, 0.5) is 0 Å². The van der Waals surface area contributed by atoms with Crippen LogP contribution in [0.25, 0.3) is 5.65 Å². The summed E-state index contributed by atoms with van der Waals surface area (Å²) in [6.07, 6.45) is 1.21. The van der Waals surface area contributed by atoms with Gasteiger partial charge in [0.1, 0.15) is 17.0 Å². The summed E-state index contributed by atoms with van der Waals surface area (Å²) < 4.78 is 1.21. The van der Waals surface area contributed by atoms with Crippen LogP contribution in [0.5, 0.6) is 0 Å². The minimum Gasteiger partial charge on any atom is -0.478 e. The first-order valence-corrected chi connectivity index (χ1v) is 4.28. The molecule has 0 bridgehead atoms. The van der Waals surface area contributed by atoms with E-state index in [-0.39, 0.29) is 33.8 Å².